The van der Waals surface area contributed by atoms with E-state index in [1.54, 1.807) is 0 Å². The summed E-state index contributed by atoms with van der Waals surface area (Å²) in [5, 5.41) is 280. The molecule has 12 unspecified atom stereocenters. The monoisotopic (exact) mass is 1280 g/mol. The van der Waals surface area contributed by atoms with Crippen LogP contribution >= 0.6 is 0 Å². The molecule has 506 valence electrons. The molecule has 0 saturated carbocycles. The Labute approximate surface area is 492 Å². The SMILES string of the molecule is C/C1=C(/O)[C@@H](CCO)O[C@H]2OC(CO)[C@@H](O[C@H]3OC(CO)[C@@H](O[C@@H](O)/C(O)=C/[C@@H](CCO)O[C@H]4OC(CO)[C@@H](O[C@@H](O)/C(O)=C(/O)[C@@H](CCO)O[C@H]5OC(CO)[C@@H](O[C@@H](O)/C(O)=C(\O)[C@@H](CCO)O[C@H]1O)C(O)C5O)C(O)C4O)C(O)C3O)C(O)C2O. The van der Waals surface area contributed by atoms with E-state index in [2.05, 4.69) is 0 Å². The first-order valence-electron chi connectivity index (χ1n) is 27.1. The fraction of sp³-hybridized carbons (Fsp3) is 0.837. The van der Waals surface area contributed by atoms with E-state index in [9.17, 15) is 133 Å². The van der Waals surface area contributed by atoms with Gasteiger partial charge in [-0.3, -0.25) is 0 Å². The summed E-state index contributed by atoms with van der Waals surface area (Å²) in [5.41, 5.74) is -0.602. The van der Waals surface area contributed by atoms with Gasteiger partial charge in [0.1, 0.15) is 127 Å². The third kappa shape index (κ3) is 18.0. The van der Waals surface area contributed by atoms with Crippen LogP contribution in [0, 0.1) is 0 Å². The van der Waals surface area contributed by atoms with Gasteiger partial charge in [0.05, 0.1) is 32.5 Å². The number of hydrogen-bond acceptors (Lipinski definition) is 38. The minimum absolute atomic E-state index is 0.501. The van der Waals surface area contributed by atoms with E-state index in [4.69, 9.17) is 56.8 Å². The second-order valence-corrected chi connectivity index (χ2v) is 20.4. The summed E-state index contributed by atoms with van der Waals surface area (Å²) in [6, 6.07) is 0. The Bertz CT molecular complexity index is 2200. The van der Waals surface area contributed by atoms with E-state index < -0.39 is 291 Å². The second kappa shape index (κ2) is 34.2. The molecular formula is C49H82O38. The normalized spacial score (nSPS) is 46.7. The minimum Gasteiger partial charge on any atom is -0.509 e. The van der Waals surface area contributed by atoms with Gasteiger partial charge in [0.2, 0.25) is 18.9 Å². The van der Waals surface area contributed by atoms with Crippen LogP contribution < -0.4 is 0 Å². The highest BCUT2D eigenvalue weighted by atomic mass is 16.8. The van der Waals surface area contributed by atoms with Crippen molar-refractivity contribution in [1.82, 2.24) is 0 Å². The van der Waals surface area contributed by atoms with Crippen molar-refractivity contribution in [2.24, 2.45) is 0 Å². The van der Waals surface area contributed by atoms with Crippen LogP contribution in [0.3, 0.4) is 0 Å². The molecule has 28 atom stereocenters. The number of fused-ring (bicyclic) bond motifs is 2. The molecule has 10 aliphatic rings. The zero-order chi connectivity index (χ0) is 64.9. The fourth-order valence-electron chi connectivity index (χ4n) is 9.60. The highest BCUT2D eigenvalue weighted by Gasteiger charge is 2.54. The zero-order valence-corrected chi connectivity index (χ0v) is 46.3. The van der Waals surface area contributed by atoms with Crippen molar-refractivity contribution in [3.63, 3.8) is 0 Å². The summed E-state index contributed by atoms with van der Waals surface area (Å²) < 4.78 is 65.9. The van der Waals surface area contributed by atoms with Gasteiger partial charge in [-0.2, -0.15) is 0 Å². The Hall–Kier alpha value is -3.52. The number of aliphatic hydroxyl groups excluding tert-OH is 26. The molecule has 26 N–H and O–H groups in total. The highest BCUT2D eigenvalue weighted by molar-refractivity contribution is 5.15. The highest BCUT2D eigenvalue weighted by Crippen LogP contribution is 2.35. The quantitative estimate of drug-likeness (QED) is 0.0863. The maximum atomic E-state index is 11.3. The molecule has 0 aromatic heterocycles. The molecule has 0 aliphatic carbocycles. The first kappa shape index (κ1) is 74.2. The molecule has 0 spiro atoms. The molecule has 10 aliphatic heterocycles. The van der Waals surface area contributed by atoms with Crippen LogP contribution in [0.4, 0.5) is 0 Å². The van der Waals surface area contributed by atoms with Gasteiger partial charge in [-0.05, 0) is 13.0 Å². The molecule has 87 heavy (non-hydrogen) atoms. The van der Waals surface area contributed by atoms with Gasteiger partial charge in [-0.25, -0.2) is 0 Å². The maximum absolute atomic E-state index is 11.3. The molecule has 8 bridgehead atoms. The molecule has 0 radical (unpaired) electrons. The van der Waals surface area contributed by atoms with E-state index in [-0.39, 0.29) is 0 Å². The lowest BCUT2D eigenvalue weighted by Crippen LogP contribution is -2.65. The van der Waals surface area contributed by atoms with E-state index in [0.717, 1.165) is 6.92 Å². The minimum atomic E-state index is -2.76. The Morgan fingerprint density at radius 1 is 0.299 bits per heavy atom. The summed E-state index contributed by atoms with van der Waals surface area (Å²) in [5.74, 6) is -8.05. The van der Waals surface area contributed by atoms with E-state index in [0.29, 0.717) is 6.08 Å². The summed E-state index contributed by atoms with van der Waals surface area (Å²) in [6.45, 7) is -6.82. The van der Waals surface area contributed by atoms with Crippen molar-refractivity contribution in [2.45, 2.75) is 205 Å². The summed E-state index contributed by atoms with van der Waals surface area (Å²) in [6.07, 6.45) is -61.6. The number of hydrogen-bond donors (Lipinski definition) is 26. The van der Waals surface area contributed by atoms with Crippen molar-refractivity contribution in [2.75, 3.05) is 52.9 Å². The van der Waals surface area contributed by atoms with Crippen molar-refractivity contribution in [1.29, 1.82) is 0 Å². The topological polar surface area (TPSA) is 637 Å². The van der Waals surface area contributed by atoms with Crippen LogP contribution in [0.25, 0.3) is 0 Å². The van der Waals surface area contributed by atoms with Crippen molar-refractivity contribution >= 4 is 0 Å². The molecule has 0 amide bonds. The van der Waals surface area contributed by atoms with Crippen molar-refractivity contribution < 1.29 is 190 Å². The standard InChI is InChI=1S/C49H82O38/c1-15-25(59)18(3-7-51)78-47-36(70)31(65)41(24(14-57)82-47)87-49-37(71)30(64)38(21(11-54)83-49)84-43(73)17(58)10-16(2-6-50)76-46-34(68)28(62)39(22(12-55)80-46)85-45(75)33(67)27(61)20(5-9-53)79-48-35(69)29(63)40(23(13-56)81-48)86-44(74)32(66)26(60)19(4-8-52)77-42(15)72/h10,16,18-24,28-31,34-75H,2-9,11-14H2,1H3/b17-10-,25-15-,32-26+,33-27-/t16-,18-,19-,20-,21?,22?,23?,24?,28?,29?,30?,31?,34?,35?,36?,37?,38-,39-,40-,41-,42-,43-,44-,45-,46+,47+,48+,49-/m1/s1. The molecule has 10 heterocycles. The molecule has 10 rings (SSSR count). The van der Waals surface area contributed by atoms with Crippen LogP contribution in [0.2, 0.25) is 0 Å². The second-order valence-electron chi connectivity index (χ2n) is 20.4. The Balaban J connectivity index is 1.51. The summed E-state index contributed by atoms with van der Waals surface area (Å²) in [7, 11) is 0. The zero-order valence-electron chi connectivity index (χ0n) is 46.3. The van der Waals surface area contributed by atoms with E-state index in [1.807, 2.05) is 0 Å². The Morgan fingerprint density at radius 3 is 0.943 bits per heavy atom. The van der Waals surface area contributed by atoms with Gasteiger partial charge in [0, 0.05) is 57.7 Å². The number of ether oxygens (including phenoxy) is 12. The number of rotatable bonds is 12. The first-order chi connectivity index (χ1) is 41.2. The molecule has 4 fully saturated rings. The predicted molar refractivity (Wildman–Crippen MR) is 271 cm³/mol. The van der Waals surface area contributed by atoms with Gasteiger partial charge in [-0.1, -0.05) is 0 Å². The first-order valence-corrected chi connectivity index (χ1v) is 27.1. The molecule has 0 aromatic carbocycles. The van der Waals surface area contributed by atoms with Gasteiger partial charge >= 0.3 is 0 Å². The van der Waals surface area contributed by atoms with Crippen LogP contribution in [0.5, 0.6) is 0 Å². The van der Waals surface area contributed by atoms with Gasteiger partial charge in [0.15, 0.2) is 54.5 Å². The van der Waals surface area contributed by atoms with Crippen LogP contribution in [0.15, 0.2) is 46.2 Å². The third-order valence-corrected chi connectivity index (χ3v) is 14.5. The van der Waals surface area contributed by atoms with Gasteiger partial charge < -0.3 is 190 Å². The number of aliphatic hydroxyl groups is 26. The van der Waals surface area contributed by atoms with Crippen LogP contribution in [-0.4, -0.2) is 358 Å². The average Bonchev–Trinajstić information content (AvgIpc) is 2.09. The van der Waals surface area contributed by atoms with Crippen molar-refractivity contribution in [3.05, 3.63) is 46.2 Å². The van der Waals surface area contributed by atoms with Crippen LogP contribution in [0.1, 0.15) is 32.6 Å². The maximum Gasteiger partial charge on any atom is 0.218 e. The largest absolute Gasteiger partial charge is 0.509 e. The lowest BCUT2D eigenvalue weighted by atomic mass is 9.96. The molecule has 38 heteroatoms. The van der Waals surface area contributed by atoms with E-state index in [1.165, 1.54) is 0 Å². The fourth-order valence-corrected chi connectivity index (χ4v) is 9.60. The molecule has 0 aromatic rings. The predicted octanol–water partition coefficient (Wildman–Crippen LogP) is -10.4. The van der Waals surface area contributed by atoms with Gasteiger partial charge in [-0.15, -0.1) is 0 Å². The third-order valence-electron chi connectivity index (χ3n) is 14.5. The van der Waals surface area contributed by atoms with Crippen molar-refractivity contribution in [3.8, 4) is 0 Å². The average molecular weight is 1280 g/mol. The Morgan fingerprint density at radius 2 is 0.598 bits per heavy atom. The molecular weight excluding hydrogens is 1200 g/mol. The summed E-state index contributed by atoms with van der Waals surface area (Å²) in [4.78, 5) is 0. The summed E-state index contributed by atoms with van der Waals surface area (Å²) >= 11 is 0. The van der Waals surface area contributed by atoms with Crippen LogP contribution in [-0.2, 0) is 56.8 Å². The smallest absolute Gasteiger partial charge is 0.218 e. The molecule has 4 saturated heterocycles. The molecule has 38 nitrogen and oxygen atoms in total. The van der Waals surface area contributed by atoms with E-state index >= 15 is 0 Å². The Kier molecular flexibility index (Phi) is 29.2. The lowest BCUT2D eigenvalue weighted by Gasteiger charge is -2.47. The van der Waals surface area contributed by atoms with Gasteiger partial charge in [0.25, 0.3) is 0 Å². The lowest BCUT2D eigenvalue weighted by molar-refractivity contribution is -0.368.